The molecule has 0 unspecified atom stereocenters. The summed E-state index contributed by atoms with van der Waals surface area (Å²) in [5.41, 5.74) is 4.52. The Hall–Kier alpha value is -1.39. The number of likely N-dealkylation sites (tertiary alicyclic amines) is 1. The maximum atomic E-state index is 12.6. The largest absolute Gasteiger partial charge is 0.444 e. The highest BCUT2D eigenvalue weighted by Crippen LogP contribution is 2.21. The minimum absolute atomic E-state index is 0.0818. The molecule has 9 nitrogen and oxygen atoms in total. The number of rotatable bonds is 4. The van der Waals surface area contributed by atoms with Crippen LogP contribution in [-0.4, -0.2) is 91.2 Å². The normalized spacial score (nSPS) is 21.4. The average Bonchev–Trinajstić information content (AvgIpc) is 2.40. The molecule has 0 aliphatic carbocycles. The highest BCUT2D eigenvalue weighted by Gasteiger charge is 2.42. The topological polar surface area (TPSA) is 113 Å². The van der Waals surface area contributed by atoms with Gasteiger partial charge in [0.25, 0.3) is 0 Å². The molecule has 0 aromatic rings. The molecule has 2 fully saturated rings. The second-order valence-corrected chi connectivity index (χ2v) is 9.41. The first-order chi connectivity index (χ1) is 11.0. The number of carbonyl (C=O) groups is 2. The summed E-state index contributed by atoms with van der Waals surface area (Å²) in [6.45, 7) is 7.23. The number of hydrogen-bond acceptors (Lipinski definition) is 6. The number of hydrogen-bond donors (Lipinski definition) is 1. The first kappa shape index (κ1) is 18.9. The van der Waals surface area contributed by atoms with Crippen LogP contribution in [0.5, 0.6) is 0 Å². The summed E-state index contributed by atoms with van der Waals surface area (Å²) in [6, 6.07) is 0. The van der Waals surface area contributed by atoms with Crippen LogP contribution < -0.4 is 5.73 Å². The fraction of sp³-hybridized carbons (Fsp3) is 0.857. The Morgan fingerprint density at radius 3 is 2.12 bits per heavy atom. The lowest BCUT2D eigenvalue weighted by atomic mass is 10.2. The minimum Gasteiger partial charge on any atom is -0.444 e. The van der Waals surface area contributed by atoms with Crippen LogP contribution in [0, 0.1) is 0 Å². The van der Waals surface area contributed by atoms with E-state index in [1.807, 2.05) is 0 Å². The molecular formula is C14H26N4O5S. The zero-order chi connectivity index (χ0) is 18.1. The van der Waals surface area contributed by atoms with Crippen molar-refractivity contribution in [2.75, 3.05) is 45.8 Å². The Labute approximate surface area is 142 Å². The van der Waals surface area contributed by atoms with E-state index in [1.54, 1.807) is 25.7 Å². The number of nitrogens with zero attached hydrogens (tertiary/aromatic N) is 3. The molecule has 138 valence electrons. The number of sulfonamides is 1. The number of amides is 2. The van der Waals surface area contributed by atoms with E-state index in [0.717, 1.165) is 0 Å². The summed E-state index contributed by atoms with van der Waals surface area (Å²) in [7, 11) is -3.42. The second kappa shape index (κ2) is 6.85. The second-order valence-electron chi connectivity index (χ2n) is 7.19. The Morgan fingerprint density at radius 2 is 1.67 bits per heavy atom. The van der Waals surface area contributed by atoms with Gasteiger partial charge in [-0.2, -0.15) is 4.31 Å². The van der Waals surface area contributed by atoms with Crippen molar-refractivity contribution in [3.8, 4) is 0 Å². The molecule has 2 heterocycles. The van der Waals surface area contributed by atoms with E-state index in [2.05, 4.69) is 0 Å². The molecule has 2 rings (SSSR count). The summed E-state index contributed by atoms with van der Waals surface area (Å²) in [5.74, 6) is -0.461. The fourth-order valence-corrected chi connectivity index (χ4v) is 4.62. The van der Waals surface area contributed by atoms with Crippen LogP contribution in [0.25, 0.3) is 0 Å². The van der Waals surface area contributed by atoms with E-state index in [0.29, 0.717) is 26.2 Å². The van der Waals surface area contributed by atoms with Crippen LogP contribution in [0.15, 0.2) is 0 Å². The van der Waals surface area contributed by atoms with E-state index < -0.39 is 32.9 Å². The highest BCUT2D eigenvalue weighted by atomic mass is 32.2. The monoisotopic (exact) mass is 362 g/mol. The number of piperazine rings is 1. The molecule has 0 aromatic heterocycles. The molecule has 0 spiro atoms. The molecule has 0 saturated carbocycles. The molecule has 24 heavy (non-hydrogen) atoms. The maximum absolute atomic E-state index is 12.6. The van der Waals surface area contributed by atoms with Gasteiger partial charge in [-0.3, -0.25) is 9.69 Å². The molecule has 2 aliphatic rings. The summed E-state index contributed by atoms with van der Waals surface area (Å²) in [6.07, 6.45) is -0.421. The van der Waals surface area contributed by atoms with Crippen molar-refractivity contribution < 1.29 is 22.7 Å². The smallest absolute Gasteiger partial charge is 0.410 e. The Bertz CT molecular complexity index is 587. The quantitative estimate of drug-likeness (QED) is 0.689. The van der Waals surface area contributed by atoms with Crippen molar-refractivity contribution in [2.45, 2.75) is 31.6 Å². The SMILES string of the molecule is CC(C)(C)OC(=O)N1CCN(S(=O)(=O)C2CN(CC(N)=O)C2)CC1. The van der Waals surface area contributed by atoms with Gasteiger partial charge in [-0.1, -0.05) is 0 Å². The average molecular weight is 362 g/mol. The maximum Gasteiger partial charge on any atom is 0.410 e. The number of primary amides is 1. The van der Waals surface area contributed by atoms with Gasteiger partial charge in [0.2, 0.25) is 15.9 Å². The van der Waals surface area contributed by atoms with E-state index in [1.165, 1.54) is 9.21 Å². The Balaban J connectivity index is 1.84. The number of carbonyl (C=O) groups excluding carboxylic acids is 2. The van der Waals surface area contributed by atoms with Crippen molar-refractivity contribution in [1.82, 2.24) is 14.1 Å². The van der Waals surface area contributed by atoms with Gasteiger partial charge in [-0.25, -0.2) is 13.2 Å². The third-order valence-electron chi connectivity index (χ3n) is 3.97. The summed E-state index contributed by atoms with van der Waals surface area (Å²) < 4.78 is 31.8. The Kier molecular flexibility index (Phi) is 5.41. The van der Waals surface area contributed by atoms with Crippen molar-refractivity contribution in [3.63, 3.8) is 0 Å². The lowest BCUT2D eigenvalue weighted by molar-refractivity contribution is -0.119. The lowest BCUT2D eigenvalue weighted by Crippen LogP contribution is -2.62. The van der Waals surface area contributed by atoms with Gasteiger partial charge in [0.1, 0.15) is 10.9 Å². The van der Waals surface area contributed by atoms with Crippen molar-refractivity contribution in [2.24, 2.45) is 5.73 Å². The van der Waals surface area contributed by atoms with Crippen molar-refractivity contribution >= 4 is 22.0 Å². The number of nitrogens with two attached hydrogens (primary N) is 1. The Morgan fingerprint density at radius 1 is 1.12 bits per heavy atom. The van der Waals surface area contributed by atoms with Crippen LogP contribution in [0.4, 0.5) is 4.79 Å². The molecule has 0 radical (unpaired) electrons. The fourth-order valence-electron chi connectivity index (χ4n) is 2.72. The molecule has 0 aromatic carbocycles. The van der Waals surface area contributed by atoms with Gasteiger partial charge in [0.05, 0.1) is 6.54 Å². The van der Waals surface area contributed by atoms with Crippen molar-refractivity contribution in [3.05, 3.63) is 0 Å². The van der Waals surface area contributed by atoms with Crippen LogP contribution >= 0.6 is 0 Å². The van der Waals surface area contributed by atoms with E-state index in [-0.39, 0.29) is 19.6 Å². The first-order valence-electron chi connectivity index (χ1n) is 7.96. The predicted octanol–water partition coefficient (Wildman–Crippen LogP) is -0.962. The molecule has 2 saturated heterocycles. The van der Waals surface area contributed by atoms with Gasteiger partial charge in [0.15, 0.2) is 0 Å². The molecular weight excluding hydrogens is 336 g/mol. The predicted molar refractivity (Wildman–Crippen MR) is 87.7 cm³/mol. The summed E-state index contributed by atoms with van der Waals surface area (Å²) >= 11 is 0. The van der Waals surface area contributed by atoms with Crippen molar-refractivity contribution in [1.29, 1.82) is 0 Å². The van der Waals surface area contributed by atoms with E-state index in [9.17, 15) is 18.0 Å². The van der Waals surface area contributed by atoms with Gasteiger partial charge >= 0.3 is 6.09 Å². The molecule has 0 atom stereocenters. The zero-order valence-electron chi connectivity index (χ0n) is 14.4. The first-order valence-corrected chi connectivity index (χ1v) is 9.47. The third-order valence-corrected chi connectivity index (χ3v) is 6.20. The summed E-state index contributed by atoms with van der Waals surface area (Å²) in [4.78, 5) is 26.1. The highest BCUT2D eigenvalue weighted by molar-refractivity contribution is 7.89. The molecule has 0 bridgehead atoms. The standard InChI is InChI=1S/C14H26N4O5S/c1-14(2,3)23-13(20)17-4-6-18(7-5-17)24(21,22)11-8-16(9-11)10-12(15)19/h11H,4-10H2,1-3H3,(H2,15,19). The van der Waals surface area contributed by atoms with E-state index in [4.69, 9.17) is 10.5 Å². The molecule has 10 heteroatoms. The third kappa shape index (κ3) is 4.58. The molecule has 2 N–H and O–H groups in total. The van der Waals surface area contributed by atoms with Crippen LogP contribution in [0.3, 0.4) is 0 Å². The minimum atomic E-state index is -3.42. The van der Waals surface area contributed by atoms with E-state index >= 15 is 0 Å². The van der Waals surface area contributed by atoms with Crippen LogP contribution in [-0.2, 0) is 19.6 Å². The van der Waals surface area contributed by atoms with Gasteiger partial charge in [-0.05, 0) is 20.8 Å². The van der Waals surface area contributed by atoms with Gasteiger partial charge < -0.3 is 15.4 Å². The van der Waals surface area contributed by atoms with Gasteiger partial charge in [-0.15, -0.1) is 0 Å². The lowest BCUT2D eigenvalue weighted by Gasteiger charge is -2.42. The van der Waals surface area contributed by atoms with Crippen LogP contribution in [0.2, 0.25) is 0 Å². The van der Waals surface area contributed by atoms with Gasteiger partial charge in [0, 0.05) is 39.3 Å². The van der Waals surface area contributed by atoms with Crippen LogP contribution in [0.1, 0.15) is 20.8 Å². The molecule has 2 amide bonds. The number of ether oxygens (including phenoxy) is 1. The zero-order valence-corrected chi connectivity index (χ0v) is 15.2. The molecule has 2 aliphatic heterocycles. The summed E-state index contributed by atoms with van der Waals surface area (Å²) in [5, 5.41) is -0.509.